The van der Waals surface area contributed by atoms with Crippen LogP contribution in [0.1, 0.15) is 78.1 Å². The van der Waals surface area contributed by atoms with Crippen LogP contribution >= 0.6 is 0 Å². The van der Waals surface area contributed by atoms with E-state index >= 15 is 0 Å². The fraction of sp³-hybridized carbons (Fsp3) is 0.944. The third-order valence-electron chi connectivity index (χ3n) is 5.74. The molecule has 0 radical (unpaired) electrons. The molecule has 0 aromatic rings. The largest absolute Gasteiger partial charge is 0.468 e. The molecule has 3 nitrogen and oxygen atoms in total. The van der Waals surface area contributed by atoms with Gasteiger partial charge in [0.25, 0.3) is 0 Å². The Morgan fingerprint density at radius 3 is 2.10 bits per heavy atom. The minimum atomic E-state index is -0.408. The van der Waals surface area contributed by atoms with Crippen molar-refractivity contribution in [1.82, 2.24) is 5.32 Å². The molecule has 0 aromatic carbocycles. The van der Waals surface area contributed by atoms with E-state index in [1.165, 1.54) is 45.6 Å². The third-order valence-corrected chi connectivity index (χ3v) is 5.74. The van der Waals surface area contributed by atoms with Gasteiger partial charge in [0.15, 0.2) is 0 Å². The number of rotatable bonds is 4. The first-order chi connectivity index (χ1) is 10.1. The van der Waals surface area contributed by atoms with Crippen molar-refractivity contribution in [3.8, 4) is 0 Å². The lowest BCUT2D eigenvalue weighted by atomic mass is 9.72. The Hall–Kier alpha value is -0.570. The first-order valence-electron chi connectivity index (χ1n) is 8.93. The first-order valence-corrected chi connectivity index (χ1v) is 8.93. The summed E-state index contributed by atoms with van der Waals surface area (Å²) in [4.78, 5) is 12.4. The van der Waals surface area contributed by atoms with E-state index in [4.69, 9.17) is 4.74 Å². The lowest BCUT2D eigenvalue weighted by molar-refractivity contribution is -0.151. The predicted molar refractivity (Wildman–Crippen MR) is 86.2 cm³/mol. The van der Waals surface area contributed by atoms with E-state index in [-0.39, 0.29) is 5.97 Å². The van der Waals surface area contributed by atoms with Gasteiger partial charge in [-0.05, 0) is 50.4 Å². The van der Waals surface area contributed by atoms with Gasteiger partial charge in [-0.25, -0.2) is 0 Å². The fourth-order valence-corrected chi connectivity index (χ4v) is 4.22. The summed E-state index contributed by atoms with van der Waals surface area (Å²) in [6, 6.07) is 0.502. The monoisotopic (exact) mass is 295 g/mol. The van der Waals surface area contributed by atoms with E-state index < -0.39 is 5.54 Å². The second-order valence-corrected chi connectivity index (χ2v) is 7.49. The standard InChI is InChI=1S/C18H33NO2/c1-14(2)15-10-12-18(13-11-15,17(20)21-3)19-16-8-6-4-5-7-9-16/h14-16,19H,4-13H2,1-3H3. The average molecular weight is 295 g/mol. The third kappa shape index (κ3) is 4.21. The molecule has 1 N–H and O–H groups in total. The van der Waals surface area contributed by atoms with Gasteiger partial charge >= 0.3 is 5.97 Å². The van der Waals surface area contributed by atoms with E-state index in [9.17, 15) is 4.79 Å². The van der Waals surface area contributed by atoms with Crippen molar-refractivity contribution in [3.63, 3.8) is 0 Å². The zero-order valence-corrected chi connectivity index (χ0v) is 14.1. The topological polar surface area (TPSA) is 38.3 Å². The average Bonchev–Trinajstić information content (AvgIpc) is 2.75. The highest BCUT2D eigenvalue weighted by Crippen LogP contribution is 2.37. The van der Waals surface area contributed by atoms with Crippen LogP contribution in [0.2, 0.25) is 0 Å². The van der Waals surface area contributed by atoms with Gasteiger partial charge in [0.2, 0.25) is 0 Å². The Kier molecular flexibility index (Phi) is 6.09. The summed E-state index contributed by atoms with van der Waals surface area (Å²) >= 11 is 0. The molecular weight excluding hydrogens is 262 g/mol. The van der Waals surface area contributed by atoms with Gasteiger partial charge in [-0.1, -0.05) is 39.5 Å². The molecule has 21 heavy (non-hydrogen) atoms. The Morgan fingerprint density at radius 2 is 1.62 bits per heavy atom. The highest BCUT2D eigenvalue weighted by atomic mass is 16.5. The van der Waals surface area contributed by atoms with Crippen LogP contribution in [0.15, 0.2) is 0 Å². The Labute approximate surface area is 130 Å². The maximum Gasteiger partial charge on any atom is 0.326 e. The predicted octanol–water partition coefficient (Wildman–Crippen LogP) is 4.06. The molecule has 2 fully saturated rings. The van der Waals surface area contributed by atoms with Gasteiger partial charge in [-0.3, -0.25) is 10.1 Å². The SMILES string of the molecule is COC(=O)C1(NC2CCCCCC2)CCC(C(C)C)CC1. The number of esters is 1. The molecule has 0 unspecified atom stereocenters. The number of carbonyl (C=O) groups is 1. The molecule has 2 saturated carbocycles. The van der Waals surface area contributed by atoms with Crippen molar-refractivity contribution >= 4 is 5.97 Å². The van der Waals surface area contributed by atoms with Crippen LogP contribution in [-0.4, -0.2) is 24.7 Å². The van der Waals surface area contributed by atoms with E-state index in [0.29, 0.717) is 6.04 Å². The normalized spacial score (nSPS) is 31.9. The smallest absolute Gasteiger partial charge is 0.326 e. The Bertz CT molecular complexity index is 324. The number of nitrogens with one attached hydrogen (secondary N) is 1. The highest BCUT2D eigenvalue weighted by molar-refractivity contribution is 5.81. The molecule has 0 atom stereocenters. The maximum absolute atomic E-state index is 12.4. The molecule has 2 aliphatic carbocycles. The van der Waals surface area contributed by atoms with Crippen LogP contribution in [-0.2, 0) is 9.53 Å². The molecular formula is C18H33NO2. The molecule has 0 amide bonds. The minimum Gasteiger partial charge on any atom is -0.468 e. The lowest BCUT2D eigenvalue weighted by Gasteiger charge is -2.42. The van der Waals surface area contributed by atoms with Crippen molar-refractivity contribution in [2.75, 3.05) is 7.11 Å². The summed E-state index contributed by atoms with van der Waals surface area (Å²) < 4.78 is 5.16. The number of hydrogen-bond acceptors (Lipinski definition) is 3. The van der Waals surface area contributed by atoms with Crippen molar-refractivity contribution in [3.05, 3.63) is 0 Å². The van der Waals surface area contributed by atoms with Crippen molar-refractivity contribution in [2.24, 2.45) is 11.8 Å². The molecule has 0 spiro atoms. The van der Waals surface area contributed by atoms with Crippen LogP contribution in [0.5, 0.6) is 0 Å². The molecule has 0 saturated heterocycles. The first kappa shape index (κ1) is 16.8. The van der Waals surface area contributed by atoms with Crippen LogP contribution < -0.4 is 5.32 Å². The Balaban J connectivity index is 2.02. The summed E-state index contributed by atoms with van der Waals surface area (Å²) in [5.41, 5.74) is -0.408. The van der Waals surface area contributed by atoms with Crippen molar-refractivity contribution in [1.29, 1.82) is 0 Å². The van der Waals surface area contributed by atoms with Gasteiger partial charge in [0.1, 0.15) is 5.54 Å². The summed E-state index contributed by atoms with van der Waals surface area (Å²) in [7, 11) is 1.54. The quantitative estimate of drug-likeness (QED) is 0.628. The number of methoxy groups -OCH3 is 1. The molecule has 0 bridgehead atoms. The van der Waals surface area contributed by atoms with Crippen LogP contribution in [0.4, 0.5) is 0 Å². The minimum absolute atomic E-state index is 0.0334. The van der Waals surface area contributed by atoms with E-state index in [1.807, 2.05) is 0 Å². The number of carbonyl (C=O) groups excluding carboxylic acids is 1. The van der Waals surface area contributed by atoms with Crippen LogP contribution in [0, 0.1) is 11.8 Å². The van der Waals surface area contributed by atoms with Gasteiger partial charge in [0.05, 0.1) is 7.11 Å². The summed E-state index contributed by atoms with van der Waals surface area (Å²) in [5, 5.41) is 3.75. The zero-order valence-electron chi connectivity index (χ0n) is 14.1. The van der Waals surface area contributed by atoms with Crippen LogP contribution in [0.3, 0.4) is 0 Å². The lowest BCUT2D eigenvalue weighted by Crippen LogP contribution is -2.58. The molecule has 122 valence electrons. The molecule has 0 aliphatic heterocycles. The van der Waals surface area contributed by atoms with E-state index in [1.54, 1.807) is 0 Å². The number of hydrogen-bond donors (Lipinski definition) is 1. The fourth-order valence-electron chi connectivity index (χ4n) is 4.22. The second-order valence-electron chi connectivity index (χ2n) is 7.49. The number of ether oxygens (including phenoxy) is 1. The van der Waals surface area contributed by atoms with Gasteiger partial charge in [-0.2, -0.15) is 0 Å². The van der Waals surface area contributed by atoms with Gasteiger partial charge < -0.3 is 4.74 Å². The summed E-state index contributed by atoms with van der Waals surface area (Å²) in [5.74, 6) is 1.45. The van der Waals surface area contributed by atoms with E-state index in [0.717, 1.165) is 37.5 Å². The zero-order chi connectivity index (χ0) is 15.3. The van der Waals surface area contributed by atoms with Crippen LogP contribution in [0.25, 0.3) is 0 Å². The molecule has 0 aromatic heterocycles. The molecule has 2 rings (SSSR count). The van der Waals surface area contributed by atoms with Crippen molar-refractivity contribution in [2.45, 2.75) is 89.6 Å². The summed E-state index contributed by atoms with van der Waals surface area (Å²) in [6.07, 6.45) is 11.9. The highest BCUT2D eigenvalue weighted by Gasteiger charge is 2.44. The molecule has 3 heteroatoms. The second kappa shape index (κ2) is 7.62. The van der Waals surface area contributed by atoms with E-state index in [2.05, 4.69) is 19.2 Å². The summed E-state index contributed by atoms with van der Waals surface area (Å²) in [6.45, 7) is 4.60. The Morgan fingerprint density at radius 1 is 1.05 bits per heavy atom. The maximum atomic E-state index is 12.4. The molecule has 2 aliphatic rings. The van der Waals surface area contributed by atoms with Gasteiger partial charge in [0, 0.05) is 6.04 Å². The molecule has 0 heterocycles. The van der Waals surface area contributed by atoms with Gasteiger partial charge in [-0.15, -0.1) is 0 Å². The van der Waals surface area contributed by atoms with Crippen molar-refractivity contribution < 1.29 is 9.53 Å².